The van der Waals surface area contributed by atoms with Gasteiger partial charge in [-0.1, -0.05) is 39.9 Å². The number of phenols is 2. The molecule has 2 rings (SSSR count). The number of hydrazone groups is 1. The molecule has 0 spiro atoms. The van der Waals surface area contributed by atoms with Gasteiger partial charge in [-0.2, -0.15) is 5.10 Å². The quantitative estimate of drug-likeness (QED) is 0.728. The van der Waals surface area contributed by atoms with E-state index in [-0.39, 0.29) is 23.6 Å². The molecule has 3 N–H and O–H groups in total. The van der Waals surface area contributed by atoms with E-state index >= 15 is 0 Å². The summed E-state index contributed by atoms with van der Waals surface area (Å²) in [4.78, 5) is 2.04. The molecule has 0 radical (unpaired) electrons. The highest BCUT2D eigenvalue weighted by Crippen LogP contribution is 2.33. The molecule has 1 aliphatic rings. The van der Waals surface area contributed by atoms with E-state index in [1.807, 2.05) is 18.7 Å². The third kappa shape index (κ3) is 3.16. The van der Waals surface area contributed by atoms with E-state index in [9.17, 15) is 10.2 Å². The molecule has 0 fully saturated rings. The first-order valence-electron chi connectivity index (χ1n) is 7.46. The van der Waals surface area contributed by atoms with Crippen molar-refractivity contribution in [3.05, 3.63) is 23.3 Å². The Bertz CT molecular complexity index is 599. The number of hydrogen-bond acceptors (Lipinski definition) is 6. The van der Waals surface area contributed by atoms with Crippen molar-refractivity contribution >= 4 is 23.4 Å². The van der Waals surface area contributed by atoms with Crippen LogP contribution in [-0.4, -0.2) is 39.0 Å². The summed E-state index contributed by atoms with van der Waals surface area (Å²) in [6.07, 6.45) is -0.164. The van der Waals surface area contributed by atoms with Crippen LogP contribution in [0.25, 0.3) is 0 Å². The van der Waals surface area contributed by atoms with Crippen LogP contribution in [0.5, 0.6) is 11.5 Å². The summed E-state index contributed by atoms with van der Waals surface area (Å²) >= 11 is 5.06. The maximum absolute atomic E-state index is 10.2. The predicted molar refractivity (Wildman–Crippen MR) is 92.5 cm³/mol. The second-order valence-corrected chi connectivity index (χ2v) is 6.55. The number of nitrogens with one attached hydrogen (secondary N) is 1. The zero-order chi connectivity index (χ0) is 16.4. The summed E-state index contributed by atoms with van der Waals surface area (Å²) in [7, 11) is 0. The van der Waals surface area contributed by atoms with Crippen molar-refractivity contribution in [1.29, 1.82) is 0 Å². The monoisotopic (exact) mass is 321 g/mol. The first-order chi connectivity index (χ1) is 10.3. The number of phenolic OH excluding ortho intramolecular Hbond substituents is 2. The number of hydrogen-bond donors (Lipinski definition) is 3. The van der Waals surface area contributed by atoms with Gasteiger partial charge in [0.25, 0.3) is 0 Å². The highest BCUT2D eigenvalue weighted by Gasteiger charge is 2.29. The number of nitrogens with zero attached hydrogens (tertiary/aromatic N) is 2. The number of amidine groups is 1. The van der Waals surface area contributed by atoms with Crippen molar-refractivity contribution in [2.75, 3.05) is 6.54 Å². The fourth-order valence-electron chi connectivity index (χ4n) is 2.54. The van der Waals surface area contributed by atoms with E-state index in [4.69, 9.17) is 12.2 Å². The highest BCUT2D eigenvalue weighted by atomic mass is 32.1. The lowest BCUT2D eigenvalue weighted by atomic mass is 9.98. The average Bonchev–Trinajstić information content (AvgIpc) is 2.80. The molecule has 0 amide bonds. The fraction of sp³-hybridized carbons (Fsp3) is 0.500. The molecular weight excluding hydrogens is 298 g/mol. The normalized spacial score (nSPS) is 17.8. The molecule has 5 nitrogen and oxygen atoms in total. The molecule has 1 aromatic carbocycles. The van der Waals surface area contributed by atoms with E-state index in [1.54, 1.807) is 11.4 Å². The van der Waals surface area contributed by atoms with Gasteiger partial charge in [-0.05, 0) is 23.5 Å². The Balaban J connectivity index is 2.45. The van der Waals surface area contributed by atoms with E-state index in [0.29, 0.717) is 17.3 Å². The second-order valence-electron chi connectivity index (χ2n) is 6.27. The van der Waals surface area contributed by atoms with Crippen LogP contribution in [0.4, 0.5) is 0 Å². The lowest BCUT2D eigenvalue weighted by Gasteiger charge is -2.27. The maximum atomic E-state index is 10.2. The summed E-state index contributed by atoms with van der Waals surface area (Å²) in [6.45, 7) is 8.99. The minimum atomic E-state index is -0.164. The van der Waals surface area contributed by atoms with Crippen LogP contribution < -0.4 is 5.43 Å². The zero-order valence-electron chi connectivity index (χ0n) is 13.4. The third-order valence-corrected chi connectivity index (χ3v) is 3.87. The van der Waals surface area contributed by atoms with E-state index in [2.05, 4.69) is 24.4 Å². The summed E-state index contributed by atoms with van der Waals surface area (Å²) < 4.78 is 0. The fourth-order valence-corrected chi connectivity index (χ4v) is 2.75. The molecule has 0 aromatic heterocycles. The molecule has 22 heavy (non-hydrogen) atoms. The SMILES string of the molecule is CC(C)CN1C(c2cc(C(C)C)c(O)cc2O)=NNC1C=S. The highest BCUT2D eigenvalue weighted by molar-refractivity contribution is 7.79. The predicted octanol–water partition coefficient (Wildman–Crippen LogP) is 2.77. The van der Waals surface area contributed by atoms with Gasteiger partial charge in [0, 0.05) is 18.0 Å². The van der Waals surface area contributed by atoms with Gasteiger partial charge in [0.05, 0.1) is 5.56 Å². The molecule has 1 heterocycles. The van der Waals surface area contributed by atoms with E-state index in [1.165, 1.54) is 6.07 Å². The first-order valence-corrected chi connectivity index (χ1v) is 7.93. The Morgan fingerprint density at radius 3 is 2.50 bits per heavy atom. The van der Waals surface area contributed by atoms with Crippen molar-refractivity contribution in [3.8, 4) is 11.5 Å². The Hall–Kier alpha value is -1.82. The third-order valence-electron chi connectivity index (χ3n) is 3.61. The molecular formula is C16H23N3O2S. The van der Waals surface area contributed by atoms with Crippen molar-refractivity contribution in [2.45, 2.75) is 39.8 Å². The van der Waals surface area contributed by atoms with Crippen molar-refractivity contribution in [3.63, 3.8) is 0 Å². The minimum absolute atomic E-state index is 0.0150. The molecule has 1 unspecified atom stereocenters. The lowest BCUT2D eigenvalue weighted by molar-refractivity contribution is 0.335. The van der Waals surface area contributed by atoms with Crippen LogP contribution in [0.3, 0.4) is 0 Å². The van der Waals surface area contributed by atoms with Crippen LogP contribution in [0.1, 0.15) is 44.7 Å². The van der Waals surface area contributed by atoms with E-state index in [0.717, 1.165) is 12.1 Å². The molecule has 0 bridgehead atoms. The molecule has 0 saturated heterocycles. The Kier molecular flexibility index (Phi) is 4.90. The number of rotatable bonds is 5. The van der Waals surface area contributed by atoms with Gasteiger partial charge in [-0.25, -0.2) is 0 Å². The molecule has 1 aromatic rings. The Morgan fingerprint density at radius 1 is 1.27 bits per heavy atom. The minimum Gasteiger partial charge on any atom is -0.508 e. The molecule has 1 atom stereocenters. The summed E-state index contributed by atoms with van der Waals surface area (Å²) in [5.74, 6) is 1.34. The Morgan fingerprint density at radius 2 is 1.95 bits per heavy atom. The van der Waals surface area contributed by atoms with Gasteiger partial charge in [-0.15, -0.1) is 0 Å². The topological polar surface area (TPSA) is 68.1 Å². The lowest BCUT2D eigenvalue weighted by Crippen LogP contribution is -2.43. The van der Waals surface area contributed by atoms with Crippen molar-refractivity contribution in [1.82, 2.24) is 10.3 Å². The molecule has 120 valence electrons. The zero-order valence-corrected chi connectivity index (χ0v) is 14.2. The summed E-state index contributed by atoms with van der Waals surface area (Å²) in [6, 6.07) is 3.18. The van der Waals surface area contributed by atoms with Gasteiger partial charge in [0.1, 0.15) is 17.7 Å². The van der Waals surface area contributed by atoms with Gasteiger partial charge in [0.2, 0.25) is 0 Å². The van der Waals surface area contributed by atoms with E-state index < -0.39 is 0 Å². The molecule has 0 saturated carbocycles. The van der Waals surface area contributed by atoms with Crippen LogP contribution in [0, 0.1) is 5.92 Å². The van der Waals surface area contributed by atoms with Crippen LogP contribution in [0.15, 0.2) is 17.2 Å². The standard InChI is InChI=1S/C16H23N3O2S/c1-9(2)7-19-15(8-22)17-18-16(19)12-5-11(10(3)4)13(20)6-14(12)21/h5-6,8-10,15,17,20-21H,7H2,1-4H3. The van der Waals surface area contributed by atoms with Crippen LogP contribution in [0.2, 0.25) is 0 Å². The number of aromatic hydroxyl groups is 2. The van der Waals surface area contributed by atoms with Crippen LogP contribution >= 0.6 is 12.2 Å². The van der Waals surface area contributed by atoms with Gasteiger partial charge in [0.15, 0.2) is 5.84 Å². The van der Waals surface area contributed by atoms with Gasteiger partial charge in [-0.3, -0.25) is 5.43 Å². The van der Waals surface area contributed by atoms with Crippen LogP contribution in [-0.2, 0) is 0 Å². The van der Waals surface area contributed by atoms with Gasteiger partial charge < -0.3 is 15.1 Å². The molecule has 1 aliphatic heterocycles. The number of benzene rings is 1. The van der Waals surface area contributed by atoms with Crippen molar-refractivity contribution in [2.24, 2.45) is 11.0 Å². The number of thiocarbonyl (C=S) groups is 1. The second kappa shape index (κ2) is 6.52. The smallest absolute Gasteiger partial charge is 0.161 e. The Labute approximate surface area is 136 Å². The first kappa shape index (κ1) is 16.5. The summed E-state index contributed by atoms with van der Waals surface area (Å²) in [5.41, 5.74) is 4.37. The maximum Gasteiger partial charge on any atom is 0.161 e. The summed E-state index contributed by atoms with van der Waals surface area (Å²) in [5, 5.41) is 26.2. The molecule has 0 aliphatic carbocycles. The largest absolute Gasteiger partial charge is 0.508 e. The molecule has 6 heteroatoms. The van der Waals surface area contributed by atoms with Gasteiger partial charge >= 0.3 is 0 Å². The average molecular weight is 321 g/mol. The van der Waals surface area contributed by atoms with Crippen molar-refractivity contribution < 1.29 is 10.2 Å².